The number of amides is 1. The number of hydrogen-bond acceptors (Lipinski definition) is 4. The molecular formula is C24H24ClN3O2S. The van der Waals surface area contributed by atoms with Crippen LogP contribution in [0.3, 0.4) is 0 Å². The first-order chi connectivity index (χ1) is 15.1. The van der Waals surface area contributed by atoms with E-state index in [0.29, 0.717) is 33.3 Å². The van der Waals surface area contributed by atoms with Gasteiger partial charge in [-0.3, -0.25) is 14.2 Å². The number of thioether (sulfide) groups is 1. The van der Waals surface area contributed by atoms with E-state index in [1.165, 1.54) is 30.2 Å². The molecule has 1 aliphatic rings. The molecule has 0 fully saturated rings. The Morgan fingerprint density at radius 2 is 2.03 bits per heavy atom. The Morgan fingerprint density at radius 1 is 1.16 bits per heavy atom. The Kier molecular flexibility index (Phi) is 7.10. The third-order valence-electron chi connectivity index (χ3n) is 5.31. The number of nitrogens with zero attached hydrogens (tertiary/aromatic N) is 2. The normalized spacial score (nSPS) is 13.8. The number of carbonyl (C=O) groups is 1. The molecule has 1 N–H and O–H groups in total. The minimum absolute atomic E-state index is 0.0558. The van der Waals surface area contributed by atoms with Crippen molar-refractivity contribution in [2.45, 2.75) is 43.8 Å². The SMILES string of the molecule is O=C(CSc1nc2ccccc2c(=O)n1CCC1=CCCCC1)Nc1cccc(Cl)c1. The van der Waals surface area contributed by atoms with Crippen LogP contribution in [0.25, 0.3) is 10.9 Å². The van der Waals surface area contributed by atoms with Gasteiger partial charge in [-0.25, -0.2) is 4.98 Å². The van der Waals surface area contributed by atoms with Crippen LogP contribution in [0.2, 0.25) is 5.02 Å². The van der Waals surface area contributed by atoms with E-state index in [2.05, 4.69) is 11.4 Å². The number of halogens is 1. The monoisotopic (exact) mass is 453 g/mol. The molecule has 2 aromatic carbocycles. The van der Waals surface area contributed by atoms with Gasteiger partial charge in [-0.2, -0.15) is 0 Å². The fourth-order valence-corrected chi connectivity index (χ4v) is 4.75. The molecule has 0 saturated carbocycles. The average Bonchev–Trinajstić information content (AvgIpc) is 2.78. The van der Waals surface area contributed by atoms with Crippen LogP contribution >= 0.6 is 23.4 Å². The van der Waals surface area contributed by atoms with E-state index < -0.39 is 0 Å². The molecular weight excluding hydrogens is 430 g/mol. The summed E-state index contributed by atoms with van der Waals surface area (Å²) in [5.74, 6) is -0.0174. The molecule has 0 bridgehead atoms. The summed E-state index contributed by atoms with van der Waals surface area (Å²) in [7, 11) is 0. The van der Waals surface area contributed by atoms with Gasteiger partial charge in [-0.05, 0) is 62.4 Å². The van der Waals surface area contributed by atoms with Crippen molar-refractivity contribution in [3.8, 4) is 0 Å². The van der Waals surface area contributed by atoms with E-state index in [-0.39, 0.29) is 17.2 Å². The zero-order valence-electron chi connectivity index (χ0n) is 17.1. The van der Waals surface area contributed by atoms with Gasteiger partial charge >= 0.3 is 0 Å². The lowest BCUT2D eigenvalue weighted by Crippen LogP contribution is -2.24. The number of rotatable bonds is 7. The maximum atomic E-state index is 13.2. The molecule has 3 aromatic rings. The summed E-state index contributed by atoms with van der Waals surface area (Å²) >= 11 is 7.27. The van der Waals surface area contributed by atoms with Crippen LogP contribution in [0, 0.1) is 0 Å². The molecule has 0 spiro atoms. The minimum Gasteiger partial charge on any atom is -0.325 e. The lowest BCUT2D eigenvalue weighted by molar-refractivity contribution is -0.113. The summed E-state index contributed by atoms with van der Waals surface area (Å²) < 4.78 is 1.72. The quantitative estimate of drug-likeness (QED) is 0.284. The summed E-state index contributed by atoms with van der Waals surface area (Å²) in [5, 5.41) is 4.58. The van der Waals surface area contributed by atoms with Crippen molar-refractivity contribution in [2.24, 2.45) is 0 Å². The Labute approximate surface area is 190 Å². The highest BCUT2D eigenvalue weighted by Gasteiger charge is 2.14. The zero-order chi connectivity index (χ0) is 21.6. The maximum Gasteiger partial charge on any atom is 0.262 e. The summed E-state index contributed by atoms with van der Waals surface area (Å²) in [6.45, 7) is 0.570. The standard InChI is InChI=1S/C24H24ClN3O2S/c25-18-9-6-10-19(15-18)26-22(29)16-31-24-27-21-12-5-4-11-20(21)23(30)28(24)14-13-17-7-2-1-3-8-17/h4-7,9-12,15H,1-3,8,13-14,16H2,(H,26,29). The third-order valence-corrected chi connectivity index (χ3v) is 6.52. The molecule has 0 saturated heterocycles. The van der Waals surface area contributed by atoms with Crippen LogP contribution in [0.5, 0.6) is 0 Å². The highest BCUT2D eigenvalue weighted by atomic mass is 35.5. The Hall–Kier alpha value is -2.57. The molecule has 7 heteroatoms. The number of carbonyl (C=O) groups excluding carboxylic acids is 1. The predicted molar refractivity (Wildman–Crippen MR) is 128 cm³/mol. The molecule has 1 aliphatic carbocycles. The van der Waals surface area contributed by atoms with Gasteiger partial charge in [0.05, 0.1) is 16.7 Å². The van der Waals surface area contributed by atoms with Crippen LogP contribution in [-0.4, -0.2) is 21.2 Å². The molecule has 1 heterocycles. The van der Waals surface area contributed by atoms with Crippen LogP contribution in [-0.2, 0) is 11.3 Å². The Morgan fingerprint density at radius 3 is 2.84 bits per heavy atom. The van der Waals surface area contributed by atoms with E-state index in [9.17, 15) is 9.59 Å². The van der Waals surface area contributed by atoms with E-state index in [0.717, 1.165) is 19.3 Å². The van der Waals surface area contributed by atoms with Crippen LogP contribution in [0.15, 0.2) is 70.1 Å². The van der Waals surface area contributed by atoms with Crippen LogP contribution in [0.4, 0.5) is 5.69 Å². The van der Waals surface area contributed by atoms with Gasteiger partial charge < -0.3 is 5.32 Å². The van der Waals surface area contributed by atoms with E-state index in [1.807, 2.05) is 18.2 Å². The Balaban J connectivity index is 1.54. The summed E-state index contributed by atoms with van der Waals surface area (Å²) in [6.07, 6.45) is 7.80. The molecule has 1 amide bonds. The number of benzene rings is 2. The number of nitrogens with one attached hydrogen (secondary N) is 1. The zero-order valence-corrected chi connectivity index (χ0v) is 18.7. The molecule has 0 aliphatic heterocycles. The fourth-order valence-electron chi connectivity index (χ4n) is 3.74. The number of hydrogen-bond donors (Lipinski definition) is 1. The van der Waals surface area contributed by atoms with Crippen molar-refractivity contribution in [3.63, 3.8) is 0 Å². The molecule has 1 aromatic heterocycles. The van der Waals surface area contributed by atoms with Crippen molar-refractivity contribution in [2.75, 3.05) is 11.1 Å². The maximum absolute atomic E-state index is 13.2. The van der Waals surface area contributed by atoms with Crippen molar-refractivity contribution >= 4 is 45.9 Å². The number of allylic oxidation sites excluding steroid dienone is 2. The second-order valence-corrected chi connectivity index (χ2v) is 8.95. The third kappa shape index (κ3) is 5.57. The molecule has 160 valence electrons. The first kappa shape index (κ1) is 21.7. The van der Waals surface area contributed by atoms with Gasteiger partial charge in [0, 0.05) is 17.3 Å². The molecule has 0 radical (unpaired) electrons. The number of anilines is 1. The second kappa shape index (κ2) is 10.2. The number of para-hydroxylation sites is 1. The first-order valence-corrected chi connectivity index (χ1v) is 11.8. The van der Waals surface area contributed by atoms with Crippen LogP contribution < -0.4 is 10.9 Å². The number of fused-ring (bicyclic) bond motifs is 1. The lowest BCUT2D eigenvalue weighted by atomic mass is 9.97. The highest BCUT2D eigenvalue weighted by molar-refractivity contribution is 7.99. The van der Waals surface area contributed by atoms with Gasteiger partial charge in [0.25, 0.3) is 5.56 Å². The molecule has 31 heavy (non-hydrogen) atoms. The topological polar surface area (TPSA) is 64.0 Å². The predicted octanol–water partition coefficient (Wildman–Crippen LogP) is 5.67. The summed E-state index contributed by atoms with van der Waals surface area (Å²) in [4.78, 5) is 30.3. The van der Waals surface area contributed by atoms with Gasteiger partial charge in [-0.15, -0.1) is 0 Å². The second-order valence-electron chi connectivity index (χ2n) is 7.57. The molecule has 5 nitrogen and oxygen atoms in total. The summed E-state index contributed by atoms with van der Waals surface area (Å²) in [6, 6.07) is 14.4. The van der Waals surface area contributed by atoms with Gasteiger partial charge in [0.15, 0.2) is 5.16 Å². The van der Waals surface area contributed by atoms with E-state index in [1.54, 1.807) is 34.9 Å². The van der Waals surface area contributed by atoms with Crippen molar-refractivity contribution in [3.05, 3.63) is 75.6 Å². The smallest absolute Gasteiger partial charge is 0.262 e. The largest absolute Gasteiger partial charge is 0.325 e. The minimum atomic E-state index is -0.170. The van der Waals surface area contributed by atoms with Crippen molar-refractivity contribution in [1.82, 2.24) is 9.55 Å². The number of aromatic nitrogens is 2. The molecule has 0 unspecified atom stereocenters. The molecule has 4 rings (SSSR count). The fraction of sp³-hybridized carbons (Fsp3) is 0.292. The van der Waals surface area contributed by atoms with Crippen molar-refractivity contribution < 1.29 is 4.79 Å². The van der Waals surface area contributed by atoms with E-state index in [4.69, 9.17) is 16.6 Å². The highest BCUT2D eigenvalue weighted by Crippen LogP contribution is 2.23. The van der Waals surface area contributed by atoms with Gasteiger partial charge in [-0.1, -0.05) is 53.2 Å². The average molecular weight is 454 g/mol. The van der Waals surface area contributed by atoms with E-state index >= 15 is 0 Å². The van der Waals surface area contributed by atoms with Gasteiger partial charge in [0.2, 0.25) is 5.91 Å². The van der Waals surface area contributed by atoms with Gasteiger partial charge in [0.1, 0.15) is 0 Å². The molecule has 0 atom stereocenters. The summed E-state index contributed by atoms with van der Waals surface area (Å²) in [5.41, 5.74) is 2.64. The Bertz CT molecular complexity index is 1190. The van der Waals surface area contributed by atoms with Crippen molar-refractivity contribution in [1.29, 1.82) is 0 Å². The first-order valence-electron chi connectivity index (χ1n) is 10.5. The van der Waals surface area contributed by atoms with Crippen LogP contribution in [0.1, 0.15) is 32.1 Å². The lowest BCUT2D eigenvalue weighted by Gasteiger charge is -2.16.